The van der Waals surface area contributed by atoms with E-state index in [1.807, 2.05) is 22.9 Å². The maximum atomic E-state index is 12.4. The van der Waals surface area contributed by atoms with Gasteiger partial charge in [-0.2, -0.15) is 0 Å². The van der Waals surface area contributed by atoms with Crippen LogP contribution in [-0.2, 0) is 5.54 Å². The summed E-state index contributed by atoms with van der Waals surface area (Å²) in [6, 6.07) is 3.71. The van der Waals surface area contributed by atoms with Crippen LogP contribution < -0.4 is 5.32 Å². The van der Waals surface area contributed by atoms with Gasteiger partial charge in [0.2, 0.25) is 0 Å². The highest BCUT2D eigenvalue weighted by atomic mass is 16.3. The van der Waals surface area contributed by atoms with E-state index < -0.39 is 5.60 Å². The number of hydrogen-bond donors (Lipinski definition) is 2. The molecule has 0 spiro atoms. The van der Waals surface area contributed by atoms with Crippen LogP contribution in [0.3, 0.4) is 0 Å². The molecule has 0 aromatic carbocycles. The number of carbonyl (C=O) groups excluding carboxylic acids is 1. The summed E-state index contributed by atoms with van der Waals surface area (Å²) < 4.78 is 2.00. The summed E-state index contributed by atoms with van der Waals surface area (Å²) in [6.07, 6.45) is 3.56. The summed E-state index contributed by atoms with van der Waals surface area (Å²) in [5, 5.41) is 13.3. The van der Waals surface area contributed by atoms with Crippen LogP contribution in [0.25, 0.3) is 11.0 Å². The first-order valence-corrected chi connectivity index (χ1v) is 7.07. The smallest absolute Gasteiger partial charge is 0.253 e. The van der Waals surface area contributed by atoms with Gasteiger partial charge in [-0.05, 0) is 46.8 Å². The van der Waals surface area contributed by atoms with E-state index in [4.69, 9.17) is 0 Å². The third kappa shape index (κ3) is 3.42. The molecule has 114 valence electrons. The van der Waals surface area contributed by atoms with E-state index in [1.165, 1.54) is 0 Å². The Morgan fingerprint density at radius 2 is 2.00 bits per heavy atom. The van der Waals surface area contributed by atoms with Crippen molar-refractivity contribution < 1.29 is 9.90 Å². The minimum atomic E-state index is -0.934. The van der Waals surface area contributed by atoms with E-state index in [9.17, 15) is 9.90 Å². The Bertz CT molecular complexity index is 660. The van der Waals surface area contributed by atoms with E-state index in [0.29, 0.717) is 5.56 Å². The first kappa shape index (κ1) is 15.5. The SMILES string of the molecule is CC(C)(O)CNC(=O)c1cn(C(C)(C)C)c2ncccc12. The third-order valence-corrected chi connectivity index (χ3v) is 3.21. The predicted molar refractivity (Wildman–Crippen MR) is 83.4 cm³/mol. The molecule has 0 atom stereocenters. The molecule has 2 rings (SSSR count). The summed E-state index contributed by atoms with van der Waals surface area (Å²) in [5.41, 5.74) is 0.271. The van der Waals surface area contributed by atoms with Crippen molar-refractivity contribution in [1.29, 1.82) is 0 Å². The molecule has 0 saturated carbocycles. The number of nitrogens with zero attached hydrogens (tertiary/aromatic N) is 2. The Labute approximate surface area is 125 Å². The van der Waals surface area contributed by atoms with Crippen LogP contribution in [0.15, 0.2) is 24.5 Å². The van der Waals surface area contributed by atoms with E-state index in [2.05, 4.69) is 31.1 Å². The van der Waals surface area contributed by atoms with Crippen LogP contribution in [-0.4, -0.2) is 32.7 Å². The average molecular weight is 289 g/mol. The second-order valence-corrected chi connectivity index (χ2v) is 6.95. The zero-order chi connectivity index (χ0) is 15.8. The lowest BCUT2D eigenvalue weighted by molar-refractivity contribution is 0.0695. The van der Waals surface area contributed by atoms with E-state index >= 15 is 0 Å². The van der Waals surface area contributed by atoms with Crippen molar-refractivity contribution in [2.75, 3.05) is 6.54 Å². The van der Waals surface area contributed by atoms with Crippen molar-refractivity contribution in [3.8, 4) is 0 Å². The zero-order valence-electron chi connectivity index (χ0n) is 13.3. The molecule has 2 heterocycles. The number of pyridine rings is 1. The predicted octanol–water partition coefficient (Wildman–Crippen LogP) is 2.29. The van der Waals surface area contributed by atoms with Crippen LogP contribution in [0.2, 0.25) is 0 Å². The van der Waals surface area contributed by atoms with Crippen LogP contribution >= 0.6 is 0 Å². The second-order valence-electron chi connectivity index (χ2n) is 6.95. The molecule has 0 aliphatic heterocycles. The molecule has 2 aromatic heterocycles. The van der Waals surface area contributed by atoms with Gasteiger partial charge < -0.3 is 15.0 Å². The number of fused-ring (bicyclic) bond motifs is 1. The number of amides is 1. The van der Waals surface area contributed by atoms with Gasteiger partial charge in [-0.25, -0.2) is 4.98 Å². The maximum Gasteiger partial charge on any atom is 0.253 e. The molecule has 0 aliphatic carbocycles. The molecule has 0 aliphatic rings. The van der Waals surface area contributed by atoms with Crippen molar-refractivity contribution in [2.45, 2.75) is 45.8 Å². The van der Waals surface area contributed by atoms with Gasteiger partial charge in [0.15, 0.2) is 0 Å². The molecular weight excluding hydrogens is 266 g/mol. The fourth-order valence-corrected chi connectivity index (χ4v) is 2.14. The van der Waals surface area contributed by atoms with Crippen molar-refractivity contribution in [2.24, 2.45) is 0 Å². The molecule has 0 saturated heterocycles. The highest BCUT2D eigenvalue weighted by molar-refractivity contribution is 6.06. The molecule has 2 N–H and O–H groups in total. The van der Waals surface area contributed by atoms with Gasteiger partial charge in [0.25, 0.3) is 5.91 Å². The van der Waals surface area contributed by atoms with Gasteiger partial charge in [0.1, 0.15) is 5.65 Å². The van der Waals surface area contributed by atoms with Gasteiger partial charge in [0.05, 0.1) is 11.2 Å². The van der Waals surface area contributed by atoms with Gasteiger partial charge in [-0.1, -0.05) is 0 Å². The van der Waals surface area contributed by atoms with E-state index in [1.54, 1.807) is 20.0 Å². The number of rotatable bonds is 3. The van der Waals surface area contributed by atoms with Crippen LogP contribution in [0.1, 0.15) is 45.0 Å². The minimum Gasteiger partial charge on any atom is -0.389 e. The summed E-state index contributed by atoms with van der Waals surface area (Å²) in [4.78, 5) is 16.8. The zero-order valence-corrected chi connectivity index (χ0v) is 13.3. The molecule has 21 heavy (non-hydrogen) atoms. The Hall–Kier alpha value is -1.88. The average Bonchev–Trinajstić information content (AvgIpc) is 2.74. The van der Waals surface area contributed by atoms with Crippen molar-refractivity contribution >= 4 is 16.9 Å². The minimum absolute atomic E-state index is 0.165. The molecule has 0 unspecified atom stereocenters. The molecule has 1 amide bonds. The number of nitrogens with one attached hydrogen (secondary N) is 1. The topological polar surface area (TPSA) is 67.2 Å². The molecule has 0 radical (unpaired) electrons. The first-order valence-electron chi connectivity index (χ1n) is 7.07. The van der Waals surface area contributed by atoms with E-state index in [-0.39, 0.29) is 18.0 Å². The Balaban J connectivity index is 2.43. The van der Waals surface area contributed by atoms with Crippen LogP contribution in [0.4, 0.5) is 0 Å². The normalized spacial score (nSPS) is 12.7. The lowest BCUT2D eigenvalue weighted by atomic mass is 10.1. The molecule has 5 nitrogen and oxygen atoms in total. The highest BCUT2D eigenvalue weighted by Crippen LogP contribution is 2.26. The third-order valence-electron chi connectivity index (χ3n) is 3.21. The summed E-state index contributed by atoms with van der Waals surface area (Å²) in [7, 11) is 0. The van der Waals surface area contributed by atoms with Gasteiger partial charge in [0, 0.05) is 29.9 Å². The molecule has 2 aromatic rings. The van der Waals surface area contributed by atoms with Gasteiger partial charge >= 0.3 is 0 Å². The monoisotopic (exact) mass is 289 g/mol. The van der Waals surface area contributed by atoms with Crippen molar-refractivity contribution in [1.82, 2.24) is 14.9 Å². The first-order chi connectivity index (χ1) is 9.59. The van der Waals surface area contributed by atoms with Crippen molar-refractivity contribution in [3.63, 3.8) is 0 Å². The van der Waals surface area contributed by atoms with Crippen molar-refractivity contribution in [3.05, 3.63) is 30.1 Å². The molecule has 5 heteroatoms. The van der Waals surface area contributed by atoms with Crippen LogP contribution in [0.5, 0.6) is 0 Å². The Morgan fingerprint density at radius 1 is 1.33 bits per heavy atom. The lowest BCUT2D eigenvalue weighted by Crippen LogP contribution is -2.38. The number of hydrogen-bond acceptors (Lipinski definition) is 3. The largest absolute Gasteiger partial charge is 0.389 e. The fraction of sp³-hybridized carbons (Fsp3) is 0.500. The summed E-state index contributed by atoms with van der Waals surface area (Å²) in [5.74, 6) is -0.196. The lowest BCUT2D eigenvalue weighted by Gasteiger charge is -2.21. The quantitative estimate of drug-likeness (QED) is 0.911. The second kappa shape index (κ2) is 5.15. The van der Waals surface area contributed by atoms with Gasteiger partial charge in [-0.3, -0.25) is 4.79 Å². The fourth-order valence-electron chi connectivity index (χ4n) is 2.14. The number of aromatic nitrogens is 2. The highest BCUT2D eigenvalue weighted by Gasteiger charge is 2.23. The summed E-state index contributed by atoms with van der Waals surface area (Å²) in [6.45, 7) is 9.73. The summed E-state index contributed by atoms with van der Waals surface area (Å²) >= 11 is 0. The molecule has 0 fully saturated rings. The standard InChI is InChI=1S/C16H23N3O2/c1-15(2,3)19-9-12(11-7-6-8-17-13(11)19)14(20)18-10-16(4,5)21/h6-9,21H,10H2,1-5H3,(H,18,20). The van der Waals surface area contributed by atoms with E-state index in [0.717, 1.165) is 11.0 Å². The van der Waals surface area contributed by atoms with Crippen LogP contribution in [0, 0.1) is 0 Å². The van der Waals surface area contributed by atoms with Gasteiger partial charge in [-0.15, -0.1) is 0 Å². The maximum absolute atomic E-state index is 12.4. The Kier molecular flexibility index (Phi) is 3.80. The Morgan fingerprint density at radius 3 is 2.57 bits per heavy atom. The number of carbonyl (C=O) groups is 1. The molecular formula is C16H23N3O2. The number of aliphatic hydroxyl groups is 1. The molecule has 0 bridgehead atoms.